The van der Waals surface area contributed by atoms with Crippen molar-refractivity contribution in [2.45, 2.75) is 0 Å². The van der Waals surface area contributed by atoms with Crippen LogP contribution in [-0.2, 0) is 7.05 Å². The van der Waals surface area contributed by atoms with Gasteiger partial charge in [0.2, 0.25) is 5.95 Å². The van der Waals surface area contributed by atoms with Crippen molar-refractivity contribution in [3.63, 3.8) is 0 Å². The van der Waals surface area contributed by atoms with Crippen LogP contribution in [0.25, 0.3) is 11.3 Å². The summed E-state index contributed by atoms with van der Waals surface area (Å²) in [5.41, 5.74) is 0.872. The summed E-state index contributed by atoms with van der Waals surface area (Å²) < 4.78 is 12.4. The van der Waals surface area contributed by atoms with E-state index in [4.69, 9.17) is 9.15 Å². The molecule has 3 rings (SSSR count). The molecule has 0 fully saturated rings. The Morgan fingerprint density at radius 3 is 2.64 bits per heavy atom. The van der Waals surface area contributed by atoms with E-state index >= 15 is 0 Å². The molecule has 112 valence electrons. The second kappa shape index (κ2) is 5.77. The monoisotopic (exact) mass is 297 g/mol. The molecule has 0 bridgehead atoms. The number of furan rings is 1. The Morgan fingerprint density at radius 2 is 2.00 bits per heavy atom. The van der Waals surface area contributed by atoms with Crippen molar-refractivity contribution in [3.05, 3.63) is 54.6 Å². The van der Waals surface area contributed by atoms with E-state index in [9.17, 15) is 4.79 Å². The Hall–Kier alpha value is -3.02. The summed E-state index contributed by atoms with van der Waals surface area (Å²) in [6.07, 6.45) is 3.36. The number of imidazole rings is 1. The molecule has 1 N–H and O–H groups in total. The normalized spacial score (nSPS) is 10.5. The molecule has 22 heavy (non-hydrogen) atoms. The number of benzene rings is 1. The number of carbonyl (C=O) groups is 1. The fourth-order valence-corrected chi connectivity index (χ4v) is 2.02. The smallest absolute Gasteiger partial charge is 0.293 e. The van der Waals surface area contributed by atoms with Gasteiger partial charge in [0, 0.05) is 25.0 Å². The van der Waals surface area contributed by atoms with Crippen LogP contribution >= 0.6 is 0 Å². The molecular formula is C16H15N3O3. The molecule has 0 unspecified atom stereocenters. The molecule has 0 saturated heterocycles. The molecule has 0 radical (unpaired) electrons. The molecule has 0 aliphatic heterocycles. The van der Waals surface area contributed by atoms with E-state index in [0.717, 1.165) is 11.3 Å². The molecular weight excluding hydrogens is 282 g/mol. The third-order valence-electron chi connectivity index (χ3n) is 3.25. The number of rotatable bonds is 4. The van der Waals surface area contributed by atoms with Gasteiger partial charge in [0.05, 0.1) is 7.11 Å². The fraction of sp³-hybridized carbons (Fsp3) is 0.125. The summed E-state index contributed by atoms with van der Waals surface area (Å²) in [4.78, 5) is 16.2. The van der Waals surface area contributed by atoms with Crippen LogP contribution in [0.4, 0.5) is 5.95 Å². The Bertz CT molecular complexity index is 787. The first-order chi connectivity index (χ1) is 10.7. The zero-order chi connectivity index (χ0) is 15.5. The number of aryl methyl sites for hydroxylation is 1. The quantitative estimate of drug-likeness (QED) is 0.804. The van der Waals surface area contributed by atoms with Crippen molar-refractivity contribution < 1.29 is 13.9 Å². The Labute approximate surface area is 127 Å². The summed E-state index contributed by atoms with van der Waals surface area (Å²) in [5, 5.41) is 2.69. The van der Waals surface area contributed by atoms with E-state index in [1.54, 1.807) is 43.3 Å². The van der Waals surface area contributed by atoms with Crippen molar-refractivity contribution in [3.8, 4) is 17.1 Å². The lowest BCUT2D eigenvalue weighted by atomic mass is 10.2. The number of hydrogen-bond acceptors (Lipinski definition) is 4. The minimum atomic E-state index is -0.339. The maximum atomic E-state index is 12.1. The molecule has 6 nitrogen and oxygen atoms in total. The van der Waals surface area contributed by atoms with Crippen LogP contribution in [0, 0.1) is 0 Å². The molecule has 1 amide bonds. The summed E-state index contributed by atoms with van der Waals surface area (Å²) in [6, 6.07) is 10.8. The highest BCUT2D eigenvalue weighted by Crippen LogP contribution is 2.24. The lowest BCUT2D eigenvalue weighted by molar-refractivity contribution is 0.0996. The van der Waals surface area contributed by atoms with E-state index in [1.807, 2.05) is 24.3 Å². The van der Waals surface area contributed by atoms with Crippen molar-refractivity contribution in [2.75, 3.05) is 12.4 Å². The van der Waals surface area contributed by atoms with Gasteiger partial charge in [-0.3, -0.25) is 10.1 Å². The highest BCUT2D eigenvalue weighted by atomic mass is 16.5. The van der Waals surface area contributed by atoms with E-state index in [1.165, 1.54) is 0 Å². The highest BCUT2D eigenvalue weighted by molar-refractivity contribution is 6.01. The van der Waals surface area contributed by atoms with Crippen LogP contribution in [-0.4, -0.2) is 22.6 Å². The summed E-state index contributed by atoms with van der Waals surface area (Å²) in [6.45, 7) is 0. The fourth-order valence-electron chi connectivity index (χ4n) is 2.02. The molecule has 0 atom stereocenters. The maximum absolute atomic E-state index is 12.1. The number of hydrogen-bond donors (Lipinski definition) is 1. The average Bonchev–Trinajstić information content (AvgIpc) is 3.17. The Kier molecular flexibility index (Phi) is 3.65. The number of methoxy groups -OCH3 is 1. The van der Waals surface area contributed by atoms with Gasteiger partial charge in [-0.1, -0.05) is 0 Å². The maximum Gasteiger partial charge on any atom is 0.293 e. The number of nitrogens with one attached hydrogen (secondary N) is 1. The number of amides is 1. The Morgan fingerprint density at radius 1 is 1.23 bits per heavy atom. The van der Waals surface area contributed by atoms with Gasteiger partial charge in [-0.05, 0) is 36.4 Å². The zero-order valence-electron chi connectivity index (χ0n) is 12.2. The van der Waals surface area contributed by atoms with Crippen molar-refractivity contribution in [1.29, 1.82) is 0 Å². The standard InChI is InChI=1S/C16H15N3O3/c1-19-10-9-17-16(19)18-15(20)14-8-7-13(22-14)11-3-5-12(21-2)6-4-11/h3-10H,1-2H3,(H,17,18,20). The van der Waals surface area contributed by atoms with Crippen LogP contribution in [0.3, 0.4) is 0 Å². The van der Waals surface area contributed by atoms with Crippen LogP contribution in [0.5, 0.6) is 5.75 Å². The average molecular weight is 297 g/mol. The molecule has 1 aromatic carbocycles. The van der Waals surface area contributed by atoms with Crippen LogP contribution in [0.2, 0.25) is 0 Å². The minimum Gasteiger partial charge on any atom is -0.497 e. The second-order valence-corrected chi connectivity index (χ2v) is 4.71. The van der Waals surface area contributed by atoms with Gasteiger partial charge in [0.1, 0.15) is 11.5 Å². The summed E-state index contributed by atoms with van der Waals surface area (Å²) >= 11 is 0. The van der Waals surface area contributed by atoms with Gasteiger partial charge in [-0.25, -0.2) is 4.98 Å². The van der Waals surface area contributed by atoms with E-state index < -0.39 is 0 Å². The van der Waals surface area contributed by atoms with E-state index in [0.29, 0.717) is 11.7 Å². The molecule has 0 spiro atoms. The summed E-state index contributed by atoms with van der Waals surface area (Å²) in [7, 11) is 3.41. The van der Waals surface area contributed by atoms with Crippen molar-refractivity contribution in [2.24, 2.45) is 7.05 Å². The van der Waals surface area contributed by atoms with E-state index in [2.05, 4.69) is 10.3 Å². The predicted molar refractivity (Wildman–Crippen MR) is 81.9 cm³/mol. The third-order valence-corrected chi connectivity index (χ3v) is 3.25. The summed E-state index contributed by atoms with van der Waals surface area (Å²) in [5.74, 6) is 1.74. The first-order valence-electron chi connectivity index (χ1n) is 6.70. The number of nitrogens with zero attached hydrogens (tertiary/aromatic N) is 2. The molecule has 6 heteroatoms. The topological polar surface area (TPSA) is 69.3 Å². The Balaban J connectivity index is 1.78. The van der Waals surface area contributed by atoms with E-state index in [-0.39, 0.29) is 11.7 Å². The van der Waals surface area contributed by atoms with Crippen molar-refractivity contribution in [1.82, 2.24) is 9.55 Å². The molecule has 0 saturated carbocycles. The van der Waals surface area contributed by atoms with Gasteiger partial charge in [-0.2, -0.15) is 0 Å². The number of anilines is 1. The SMILES string of the molecule is COc1ccc(-c2ccc(C(=O)Nc3nccn3C)o2)cc1. The molecule has 2 heterocycles. The van der Waals surface area contributed by atoms with Gasteiger partial charge in [0.25, 0.3) is 5.91 Å². The molecule has 2 aromatic heterocycles. The molecule has 0 aliphatic rings. The van der Waals surface area contributed by atoms with Crippen LogP contribution < -0.4 is 10.1 Å². The lowest BCUT2D eigenvalue weighted by Crippen LogP contribution is -2.14. The first kappa shape index (κ1) is 13.9. The van der Waals surface area contributed by atoms with Gasteiger partial charge < -0.3 is 13.7 Å². The van der Waals surface area contributed by atoms with Crippen LogP contribution in [0.15, 0.2) is 53.2 Å². The first-order valence-corrected chi connectivity index (χ1v) is 6.70. The van der Waals surface area contributed by atoms with Crippen LogP contribution in [0.1, 0.15) is 10.6 Å². The third kappa shape index (κ3) is 2.71. The number of carbonyl (C=O) groups excluding carboxylic acids is 1. The highest BCUT2D eigenvalue weighted by Gasteiger charge is 2.14. The molecule has 3 aromatic rings. The van der Waals surface area contributed by atoms with Gasteiger partial charge in [0.15, 0.2) is 5.76 Å². The minimum absolute atomic E-state index is 0.230. The van der Waals surface area contributed by atoms with Gasteiger partial charge in [-0.15, -0.1) is 0 Å². The van der Waals surface area contributed by atoms with Crippen molar-refractivity contribution >= 4 is 11.9 Å². The predicted octanol–water partition coefficient (Wildman–Crippen LogP) is 2.94. The zero-order valence-corrected chi connectivity index (χ0v) is 12.2. The largest absolute Gasteiger partial charge is 0.497 e. The number of ether oxygens (including phenoxy) is 1. The second-order valence-electron chi connectivity index (χ2n) is 4.71. The lowest BCUT2D eigenvalue weighted by Gasteiger charge is -2.03. The molecule has 0 aliphatic carbocycles. The number of aromatic nitrogens is 2. The van der Waals surface area contributed by atoms with Gasteiger partial charge >= 0.3 is 0 Å².